The van der Waals surface area contributed by atoms with Gasteiger partial charge in [-0.2, -0.15) is 0 Å². The van der Waals surface area contributed by atoms with E-state index in [1.165, 1.54) is 31.7 Å². The topological polar surface area (TPSA) is 0 Å². The molecule has 1 heteroatoms. The van der Waals surface area contributed by atoms with Gasteiger partial charge in [0, 0.05) is 9.52 Å². The maximum absolute atomic E-state index is 2.36. The van der Waals surface area contributed by atoms with E-state index in [9.17, 15) is 0 Å². The zero-order valence-corrected chi connectivity index (χ0v) is 8.81. The van der Waals surface area contributed by atoms with Crippen LogP contribution in [0.5, 0.6) is 0 Å². The molecule has 0 unspecified atom stereocenters. The summed E-state index contributed by atoms with van der Waals surface area (Å²) in [6.07, 6.45) is 10.2. The molecular weight excluding hydrogens is 136 g/mol. The predicted octanol–water partition coefficient (Wildman–Crippen LogP) is 2.76. The lowest BCUT2D eigenvalue weighted by Crippen LogP contribution is -1.74. The second kappa shape index (κ2) is 8.96. The van der Waals surface area contributed by atoms with Gasteiger partial charge in [-0.3, -0.25) is 0 Å². The van der Waals surface area contributed by atoms with Gasteiger partial charge in [-0.25, -0.2) is 0 Å². The van der Waals surface area contributed by atoms with Crippen LogP contribution in [0.25, 0.3) is 0 Å². The van der Waals surface area contributed by atoms with Crippen LogP contribution in [-0.2, 0) is 0 Å². The Labute approximate surface area is 67.5 Å². The smallest absolute Gasteiger partial charge is 0.0209 e. The van der Waals surface area contributed by atoms with Crippen molar-refractivity contribution in [3.63, 3.8) is 0 Å². The predicted molar refractivity (Wildman–Crippen MR) is 52.5 cm³/mol. The summed E-state index contributed by atoms with van der Waals surface area (Å²) in [5, 5.41) is 0. The lowest BCUT2D eigenvalue weighted by molar-refractivity contribution is 0.729. The van der Waals surface area contributed by atoms with Crippen LogP contribution in [0.4, 0.5) is 0 Å². The lowest BCUT2D eigenvalue weighted by atomic mass is 10.2. The van der Waals surface area contributed by atoms with Crippen molar-refractivity contribution in [1.29, 1.82) is 0 Å². The molecule has 0 nitrogen and oxygen atoms in total. The molecule has 0 bridgehead atoms. The Balaban J connectivity index is 2.88. The molecule has 0 atom stereocenters. The normalized spacial score (nSPS) is 12.2. The van der Waals surface area contributed by atoms with Gasteiger partial charge in [-0.15, -0.1) is 0 Å². The highest BCUT2D eigenvalue weighted by Gasteiger charge is 1.80. The first-order chi connectivity index (χ1) is 4.91. The third kappa shape index (κ3) is 7.96. The van der Waals surface area contributed by atoms with Crippen molar-refractivity contribution >= 4 is 9.52 Å². The molecule has 0 spiro atoms. The molecule has 0 saturated heterocycles. The minimum absolute atomic E-state index is 0.288. The standard InChI is InChI=1S/C9H20Si/c1-3-4-5-6-7-8-9-10-2/h7-8H,3-6,9-10H2,1-2H3. The van der Waals surface area contributed by atoms with E-state index in [1.807, 2.05) is 0 Å². The second-order valence-electron chi connectivity index (χ2n) is 2.76. The van der Waals surface area contributed by atoms with E-state index in [0.29, 0.717) is 0 Å². The Morgan fingerprint density at radius 1 is 1.20 bits per heavy atom. The van der Waals surface area contributed by atoms with E-state index in [1.54, 1.807) is 0 Å². The highest BCUT2D eigenvalue weighted by Crippen LogP contribution is 1.99. The fraction of sp³-hybridized carbons (Fsp3) is 0.778. The summed E-state index contributed by atoms with van der Waals surface area (Å²) in [6, 6.07) is 1.39. The fourth-order valence-corrected chi connectivity index (χ4v) is 1.48. The Hall–Kier alpha value is -0.0431. The fourth-order valence-electron chi connectivity index (χ4n) is 0.915. The molecule has 0 heterocycles. The quantitative estimate of drug-likeness (QED) is 0.315. The Kier molecular flexibility index (Phi) is 8.92. The van der Waals surface area contributed by atoms with Crippen LogP contribution in [0.15, 0.2) is 12.2 Å². The molecule has 10 heavy (non-hydrogen) atoms. The Morgan fingerprint density at radius 2 is 2.00 bits per heavy atom. The highest BCUT2D eigenvalue weighted by molar-refractivity contribution is 6.34. The van der Waals surface area contributed by atoms with Crippen LogP contribution in [0.2, 0.25) is 12.6 Å². The maximum atomic E-state index is 2.36. The van der Waals surface area contributed by atoms with Crippen molar-refractivity contribution in [2.24, 2.45) is 0 Å². The molecular formula is C9H20Si. The molecule has 0 aromatic carbocycles. The molecule has 0 saturated carbocycles. The zero-order chi connectivity index (χ0) is 7.66. The number of hydrogen-bond acceptors (Lipinski definition) is 0. The first kappa shape index (κ1) is 9.96. The lowest BCUT2D eigenvalue weighted by Gasteiger charge is -1.90. The summed E-state index contributed by atoms with van der Waals surface area (Å²) in [6.45, 7) is 4.61. The Bertz CT molecular complexity index is 76.8. The SMILES string of the molecule is CCCCCC=CC[SiH2]C. The van der Waals surface area contributed by atoms with Crippen LogP contribution in [0.3, 0.4) is 0 Å². The number of rotatable bonds is 6. The van der Waals surface area contributed by atoms with Gasteiger partial charge in [0.2, 0.25) is 0 Å². The summed E-state index contributed by atoms with van der Waals surface area (Å²) < 4.78 is 0. The second-order valence-corrected chi connectivity index (χ2v) is 4.33. The van der Waals surface area contributed by atoms with Gasteiger partial charge in [-0.1, -0.05) is 38.5 Å². The molecule has 60 valence electrons. The van der Waals surface area contributed by atoms with Crippen LogP contribution in [0, 0.1) is 0 Å². The maximum Gasteiger partial charge on any atom is 0.0209 e. The van der Waals surface area contributed by atoms with E-state index in [0.717, 1.165) is 0 Å². The van der Waals surface area contributed by atoms with Crippen molar-refractivity contribution in [2.45, 2.75) is 45.2 Å². The van der Waals surface area contributed by atoms with Crippen molar-refractivity contribution in [3.8, 4) is 0 Å². The molecule has 0 N–H and O–H groups in total. The molecule has 0 aliphatic heterocycles. The third-order valence-corrected chi connectivity index (χ3v) is 2.51. The summed E-state index contributed by atoms with van der Waals surface area (Å²) in [4.78, 5) is 0. The van der Waals surface area contributed by atoms with Gasteiger partial charge in [-0.05, 0) is 18.9 Å². The Morgan fingerprint density at radius 3 is 2.60 bits per heavy atom. The molecule has 0 aromatic heterocycles. The van der Waals surface area contributed by atoms with E-state index < -0.39 is 0 Å². The zero-order valence-electron chi connectivity index (χ0n) is 7.40. The van der Waals surface area contributed by atoms with Crippen LogP contribution in [-0.4, -0.2) is 9.52 Å². The van der Waals surface area contributed by atoms with Gasteiger partial charge < -0.3 is 0 Å². The van der Waals surface area contributed by atoms with Crippen molar-refractivity contribution < 1.29 is 0 Å². The largest absolute Gasteiger partial charge is 0.0918 e. The van der Waals surface area contributed by atoms with Gasteiger partial charge in [0.15, 0.2) is 0 Å². The number of hydrogen-bond donors (Lipinski definition) is 0. The summed E-state index contributed by atoms with van der Waals surface area (Å²) in [7, 11) is 0.288. The van der Waals surface area contributed by atoms with Crippen LogP contribution < -0.4 is 0 Å². The third-order valence-electron chi connectivity index (χ3n) is 1.60. The molecule has 0 amide bonds. The van der Waals surface area contributed by atoms with Crippen molar-refractivity contribution in [1.82, 2.24) is 0 Å². The molecule has 0 radical (unpaired) electrons. The summed E-state index contributed by atoms with van der Waals surface area (Å²) >= 11 is 0. The molecule has 0 aliphatic carbocycles. The van der Waals surface area contributed by atoms with Gasteiger partial charge in [0.1, 0.15) is 0 Å². The van der Waals surface area contributed by atoms with Crippen molar-refractivity contribution in [2.75, 3.05) is 0 Å². The van der Waals surface area contributed by atoms with E-state index in [4.69, 9.17) is 0 Å². The van der Waals surface area contributed by atoms with Gasteiger partial charge >= 0.3 is 0 Å². The van der Waals surface area contributed by atoms with Gasteiger partial charge in [0.05, 0.1) is 0 Å². The summed E-state index contributed by atoms with van der Waals surface area (Å²) in [5.74, 6) is 0. The minimum Gasteiger partial charge on any atom is -0.0918 e. The first-order valence-electron chi connectivity index (χ1n) is 4.56. The number of allylic oxidation sites excluding steroid dienone is 2. The van der Waals surface area contributed by atoms with Crippen LogP contribution in [0.1, 0.15) is 32.6 Å². The van der Waals surface area contributed by atoms with E-state index in [-0.39, 0.29) is 9.52 Å². The highest BCUT2D eigenvalue weighted by atomic mass is 28.2. The molecule has 0 aliphatic rings. The summed E-state index contributed by atoms with van der Waals surface area (Å²) in [5.41, 5.74) is 0. The van der Waals surface area contributed by atoms with Crippen LogP contribution >= 0.6 is 0 Å². The number of unbranched alkanes of at least 4 members (excludes halogenated alkanes) is 3. The van der Waals surface area contributed by atoms with Crippen molar-refractivity contribution in [3.05, 3.63) is 12.2 Å². The monoisotopic (exact) mass is 156 g/mol. The molecule has 0 rings (SSSR count). The minimum atomic E-state index is 0.288. The molecule has 0 fully saturated rings. The van der Waals surface area contributed by atoms with Gasteiger partial charge in [0.25, 0.3) is 0 Å². The van der Waals surface area contributed by atoms with E-state index >= 15 is 0 Å². The first-order valence-corrected chi connectivity index (χ1v) is 6.98. The average Bonchev–Trinajstić information content (AvgIpc) is 1.97. The van der Waals surface area contributed by atoms with E-state index in [2.05, 4.69) is 25.6 Å². The molecule has 0 aromatic rings. The average molecular weight is 156 g/mol.